The van der Waals surface area contributed by atoms with E-state index < -0.39 is 23.8 Å². The number of halogens is 3. The second kappa shape index (κ2) is 4.37. The Morgan fingerprint density at radius 1 is 0.950 bits per heavy atom. The van der Waals surface area contributed by atoms with Crippen LogP contribution in [-0.4, -0.2) is 5.97 Å². The van der Waals surface area contributed by atoms with Crippen molar-refractivity contribution in [1.29, 1.82) is 0 Å². The summed E-state index contributed by atoms with van der Waals surface area (Å²) >= 11 is 0. The van der Waals surface area contributed by atoms with Gasteiger partial charge in [-0.2, -0.15) is 13.2 Å². The normalized spacial score (nSPS) is 17.8. The first-order valence-corrected chi connectivity index (χ1v) is 5.94. The van der Waals surface area contributed by atoms with E-state index in [1.165, 1.54) is 12.1 Å². The van der Waals surface area contributed by atoms with Gasteiger partial charge in [-0.25, -0.2) is 4.79 Å². The molecule has 2 nitrogen and oxygen atoms in total. The Balaban J connectivity index is 1.97. The highest BCUT2D eigenvalue weighted by molar-refractivity contribution is 5.94. The van der Waals surface area contributed by atoms with Crippen molar-refractivity contribution in [2.45, 2.75) is 12.3 Å². The van der Waals surface area contributed by atoms with Crippen LogP contribution in [0.3, 0.4) is 0 Å². The quantitative estimate of drug-likeness (QED) is 0.738. The number of carbonyl (C=O) groups excluding carboxylic acids is 1. The summed E-state index contributed by atoms with van der Waals surface area (Å²) in [6, 6.07) is 11.5. The highest BCUT2D eigenvalue weighted by Crippen LogP contribution is 2.37. The maximum atomic E-state index is 12.5. The second-order valence-corrected chi connectivity index (χ2v) is 4.49. The number of benzene rings is 2. The molecule has 1 heterocycles. The van der Waals surface area contributed by atoms with Gasteiger partial charge in [-0.3, -0.25) is 0 Å². The molecule has 0 aromatic heterocycles. The van der Waals surface area contributed by atoms with E-state index in [0.717, 1.165) is 12.1 Å². The zero-order chi connectivity index (χ0) is 14.3. The summed E-state index contributed by atoms with van der Waals surface area (Å²) in [4.78, 5) is 11.7. The summed E-state index contributed by atoms with van der Waals surface area (Å²) in [6.45, 7) is 0. The maximum Gasteiger partial charge on any atom is 0.416 e. The Bertz CT molecular complexity index is 660. The van der Waals surface area contributed by atoms with Gasteiger partial charge in [0.1, 0.15) is 0 Å². The molecule has 2 aromatic carbocycles. The zero-order valence-electron chi connectivity index (χ0n) is 10.1. The van der Waals surface area contributed by atoms with Crippen LogP contribution in [0, 0.1) is 0 Å². The molecule has 0 amide bonds. The predicted octanol–water partition coefficient (Wildman–Crippen LogP) is 3.97. The highest BCUT2D eigenvalue weighted by Gasteiger charge is 2.33. The van der Waals surface area contributed by atoms with Gasteiger partial charge in [0.2, 0.25) is 0 Å². The van der Waals surface area contributed by atoms with E-state index in [4.69, 9.17) is 4.74 Å². The van der Waals surface area contributed by atoms with E-state index in [2.05, 4.69) is 0 Å². The molecule has 1 atom stereocenters. The molecule has 3 rings (SSSR count). The minimum absolute atomic E-state index is 0.453. The number of esters is 1. The number of hydrogen-bond acceptors (Lipinski definition) is 2. The van der Waals surface area contributed by atoms with E-state index in [1.807, 2.05) is 0 Å². The van der Waals surface area contributed by atoms with Crippen molar-refractivity contribution >= 4 is 5.97 Å². The molecule has 1 aliphatic rings. The number of alkyl halides is 3. The highest BCUT2D eigenvalue weighted by atomic mass is 19.4. The van der Waals surface area contributed by atoms with Crippen molar-refractivity contribution < 1.29 is 22.7 Å². The Kier molecular flexibility index (Phi) is 2.78. The molecule has 0 bridgehead atoms. The van der Waals surface area contributed by atoms with Gasteiger partial charge in [0.25, 0.3) is 0 Å². The monoisotopic (exact) mass is 278 g/mol. The first-order valence-electron chi connectivity index (χ1n) is 5.94. The summed E-state index contributed by atoms with van der Waals surface area (Å²) in [7, 11) is 0. The molecular weight excluding hydrogens is 269 g/mol. The minimum Gasteiger partial charge on any atom is -0.449 e. The molecule has 0 unspecified atom stereocenters. The molecule has 1 aliphatic heterocycles. The fraction of sp³-hybridized carbons (Fsp3) is 0.133. The largest absolute Gasteiger partial charge is 0.449 e. The first-order chi connectivity index (χ1) is 9.47. The smallest absolute Gasteiger partial charge is 0.416 e. The summed E-state index contributed by atoms with van der Waals surface area (Å²) in [5, 5.41) is 0. The summed E-state index contributed by atoms with van der Waals surface area (Å²) < 4.78 is 42.8. The van der Waals surface area contributed by atoms with Gasteiger partial charge < -0.3 is 4.74 Å². The summed E-state index contributed by atoms with van der Waals surface area (Å²) in [5.41, 5.74) is 0.935. The lowest BCUT2D eigenvalue weighted by Crippen LogP contribution is -2.06. The number of ether oxygens (including phenoxy) is 1. The van der Waals surface area contributed by atoms with Crippen LogP contribution < -0.4 is 0 Å². The molecule has 0 spiro atoms. The molecular formula is C15H9F3O2. The minimum atomic E-state index is -4.37. The van der Waals surface area contributed by atoms with Gasteiger partial charge in [-0.15, -0.1) is 0 Å². The lowest BCUT2D eigenvalue weighted by Gasteiger charge is -2.12. The molecule has 0 radical (unpaired) electrons. The summed E-state index contributed by atoms with van der Waals surface area (Å²) in [5.74, 6) is -0.453. The molecule has 102 valence electrons. The van der Waals surface area contributed by atoms with Crippen LogP contribution in [0.2, 0.25) is 0 Å². The topological polar surface area (TPSA) is 26.3 Å². The van der Waals surface area contributed by atoms with Gasteiger partial charge in [-0.05, 0) is 23.8 Å². The predicted molar refractivity (Wildman–Crippen MR) is 65.1 cm³/mol. The molecule has 5 heteroatoms. The molecule has 0 saturated heterocycles. The molecule has 0 N–H and O–H groups in total. The van der Waals surface area contributed by atoms with Gasteiger partial charge in [-0.1, -0.05) is 30.3 Å². The van der Waals surface area contributed by atoms with Crippen LogP contribution >= 0.6 is 0 Å². The third kappa shape index (κ3) is 2.05. The number of fused-ring (bicyclic) bond motifs is 1. The van der Waals surface area contributed by atoms with Crippen LogP contribution in [0.15, 0.2) is 48.5 Å². The second-order valence-electron chi connectivity index (χ2n) is 4.49. The van der Waals surface area contributed by atoms with E-state index in [9.17, 15) is 18.0 Å². The van der Waals surface area contributed by atoms with Crippen molar-refractivity contribution in [2.24, 2.45) is 0 Å². The fourth-order valence-electron chi connectivity index (χ4n) is 2.24. The number of cyclic esters (lactones) is 1. The Morgan fingerprint density at radius 3 is 2.25 bits per heavy atom. The third-order valence-corrected chi connectivity index (χ3v) is 3.23. The van der Waals surface area contributed by atoms with Crippen LogP contribution in [0.5, 0.6) is 0 Å². The van der Waals surface area contributed by atoms with Gasteiger partial charge in [0, 0.05) is 5.56 Å². The molecule has 0 aliphatic carbocycles. The van der Waals surface area contributed by atoms with Crippen LogP contribution in [-0.2, 0) is 10.9 Å². The van der Waals surface area contributed by atoms with Crippen molar-refractivity contribution in [2.75, 3.05) is 0 Å². The van der Waals surface area contributed by atoms with Crippen molar-refractivity contribution in [3.05, 3.63) is 70.8 Å². The lowest BCUT2D eigenvalue weighted by molar-refractivity contribution is -0.137. The average molecular weight is 278 g/mol. The SMILES string of the molecule is O=C1O[C@H](c2ccc(C(F)(F)F)cc2)c2ccccc21. The van der Waals surface area contributed by atoms with Gasteiger partial charge in [0.15, 0.2) is 6.10 Å². The van der Waals surface area contributed by atoms with Crippen LogP contribution in [0.4, 0.5) is 13.2 Å². The van der Waals surface area contributed by atoms with E-state index in [0.29, 0.717) is 16.7 Å². The van der Waals surface area contributed by atoms with Crippen molar-refractivity contribution in [1.82, 2.24) is 0 Å². The zero-order valence-corrected chi connectivity index (χ0v) is 10.1. The van der Waals surface area contributed by atoms with Crippen molar-refractivity contribution in [3.63, 3.8) is 0 Å². The van der Waals surface area contributed by atoms with E-state index >= 15 is 0 Å². The fourth-order valence-corrected chi connectivity index (χ4v) is 2.24. The Labute approximate surface area is 112 Å². The van der Waals surface area contributed by atoms with E-state index in [-0.39, 0.29) is 0 Å². The Morgan fingerprint density at radius 2 is 1.60 bits per heavy atom. The lowest BCUT2D eigenvalue weighted by atomic mass is 9.98. The summed E-state index contributed by atoms with van der Waals surface area (Å²) in [6.07, 6.45) is -5.01. The molecule has 0 saturated carbocycles. The van der Waals surface area contributed by atoms with Crippen LogP contribution in [0.25, 0.3) is 0 Å². The van der Waals surface area contributed by atoms with E-state index in [1.54, 1.807) is 24.3 Å². The average Bonchev–Trinajstić information content (AvgIpc) is 2.76. The van der Waals surface area contributed by atoms with Crippen LogP contribution in [0.1, 0.15) is 33.2 Å². The molecule has 20 heavy (non-hydrogen) atoms. The van der Waals surface area contributed by atoms with Crippen molar-refractivity contribution in [3.8, 4) is 0 Å². The van der Waals surface area contributed by atoms with Gasteiger partial charge >= 0.3 is 12.1 Å². The van der Waals surface area contributed by atoms with Gasteiger partial charge in [0.05, 0.1) is 11.1 Å². The Hall–Kier alpha value is -2.30. The number of rotatable bonds is 1. The molecule has 2 aromatic rings. The number of hydrogen-bond donors (Lipinski definition) is 0. The maximum absolute atomic E-state index is 12.5. The first kappa shape index (κ1) is 12.7. The number of carbonyl (C=O) groups is 1. The standard InChI is InChI=1S/C15H9F3O2/c16-15(17,18)10-7-5-9(6-8-10)13-11-3-1-2-4-12(11)14(19)20-13/h1-8,13H/t13-/m1/s1. The molecule has 0 fully saturated rings. The third-order valence-electron chi connectivity index (χ3n) is 3.23.